The molecular weight excluding hydrogens is 130 g/mol. The Labute approximate surface area is 62.8 Å². The first-order chi connectivity index (χ1) is 4.20. The fourth-order valence-electron chi connectivity index (χ4n) is 1.36. The van der Waals surface area contributed by atoms with Crippen LogP contribution in [0.15, 0.2) is 0 Å². The van der Waals surface area contributed by atoms with Crippen LogP contribution in [0.25, 0.3) is 0 Å². The quantitative estimate of drug-likeness (QED) is 0.544. The van der Waals surface area contributed by atoms with Crippen LogP contribution in [0.4, 0.5) is 0 Å². The Morgan fingerprint density at radius 3 is 2.56 bits per heavy atom. The third-order valence-electron chi connectivity index (χ3n) is 2.11. The lowest BCUT2D eigenvalue weighted by atomic mass is 10.1. The molecule has 0 aliphatic carbocycles. The highest BCUT2D eigenvalue weighted by Gasteiger charge is 2.22. The Morgan fingerprint density at radius 1 is 1.67 bits per heavy atom. The van der Waals surface area contributed by atoms with Gasteiger partial charge in [-0.15, -0.1) is 0 Å². The highest BCUT2D eigenvalue weighted by Crippen LogP contribution is 2.20. The van der Waals surface area contributed by atoms with Gasteiger partial charge in [0, 0.05) is 11.8 Å². The molecule has 0 N–H and O–H groups in total. The molecule has 0 spiro atoms. The fraction of sp³-hybridized carbons (Fsp3) is 1.00. The molecule has 1 nitrogen and oxygen atoms in total. The molecule has 0 aromatic rings. The molecule has 0 bridgehead atoms. The van der Waals surface area contributed by atoms with Gasteiger partial charge in [0.15, 0.2) is 0 Å². The first-order valence-corrected chi connectivity index (χ1v) is 4.08. The van der Waals surface area contributed by atoms with E-state index in [-0.39, 0.29) is 0 Å². The van der Waals surface area contributed by atoms with Crippen molar-refractivity contribution in [3.63, 3.8) is 0 Å². The van der Waals surface area contributed by atoms with Gasteiger partial charge in [-0.05, 0) is 25.9 Å². The molecule has 0 saturated carbocycles. The second kappa shape index (κ2) is 2.93. The molecule has 54 valence electrons. The average molecular weight is 145 g/mol. The van der Waals surface area contributed by atoms with Crippen LogP contribution in [-0.4, -0.2) is 30.3 Å². The number of nitrogens with zero attached hydrogens (tertiary/aromatic N) is 1. The summed E-state index contributed by atoms with van der Waals surface area (Å²) in [7, 11) is 2.18. The third-order valence-corrected chi connectivity index (χ3v) is 2.53. The van der Waals surface area contributed by atoms with Crippen molar-refractivity contribution in [2.45, 2.75) is 18.6 Å². The van der Waals surface area contributed by atoms with Crippen molar-refractivity contribution in [2.75, 3.05) is 20.1 Å². The summed E-state index contributed by atoms with van der Waals surface area (Å²) >= 11 is 4.41. The normalized spacial score (nSPS) is 33.0. The van der Waals surface area contributed by atoms with E-state index in [1.54, 1.807) is 0 Å². The van der Waals surface area contributed by atoms with E-state index in [0.717, 1.165) is 5.92 Å². The van der Waals surface area contributed by atoms with Crippen LogP contribution in [0.5, 0.6) is 0 Å². The van der Waals surface area contributed by atoms with Crippen LogP contribution < -0.4 is 0 Å². The topological polar surface area (TPSA) is 3.24 Å². The van der Waals surface area contributed by atoms with Gasteiger partial charge in [-0.2, -0.15) is 12.6 Å². The van der Waals surface area contributed by atoms with Gasteiger partial charge in [-0.3, -0.25) is 0 Å². The van der Waals surface area contributed by atoms with E-state index in [0.29, 0.717) is 5.25 Å². The average Bonchev–Trinajstić information content (AvgIpc) is 2.14. The van der Waals surface area contributed by atoms with Crippen molar-refractivity contribution in [1.29, 1.82) is 0 Å². The largest absolute Gasteiger partial charge is 0.306 e. The number of likely N-dealkylation sites (tertiary alicyclic amines) is 1. The summed E-state index contributed by atoms with van der Waals surface area (Å²) in [4.78, 5) is 2.37. The Morgan fingerprint density at radius 2 is 2.33 bits per heavy atom. The van der Waals surface area contributed by atoms with Crippen LogP contribution in [0.2, 0.25) is 0 Å². The number of hydrogen-bond acceptors (Lipinski definition) is 2. The van der Waals surface area contributed by atoms with Gasteiger partial charge in [0.25, 0.3) is 0 Å². The first kappa shape index (κ1) is 7.42. The predicted molar refractivity (Wildman–Crippen MR) is 44.1 cm³/mol. The minimum Gasteiger partial charge on any atom is -0.306 e. The van der Waals surface area contributed by atoms with Crippen LogP contribution in [0.1, 0.15) is 13.3 Å². The molecule has 1 unspecified atom stereocenters. The second-order valence-electron chi connectivity index (χ2n) is 3.05. The summed E-state index contributed by atoms with van der Waals surface area (Å²) in [5.41, 5.74) is 0. The van der Waals surface area contributed by atoms with Gasteiger partial charge >= 0.3 is 0 Å². The smallest absolute Gasteiger partial charge is 0.00294 e. The molecule has 9 heavy (non-hydrogen) atoms. The molecule has 0 radical (unpaired) electrons. The van der Waals surface area contributed by atoms with Crippen molar-refractivity contribution in [1.82, 2.24) is 4.90 Å². The zero-order valence-electron chi connectivity index (χ0n) is 6.17. The number of thiol groups is 1. The summed E-state index contributed by atoms with van der Waals surface area (Å²) in [5.74, 6) is 0.832. The molecule has 1 saturated heterocycles. The zero-order chi connectivity index (χ0) is 6.85. The van der Waals surface area contributed by atoms with Gasteiger partial charge in [0.05, 0.1) is 0 Å². The fourth-order valence-corrected chi connectivity index (χ4v) is 1.61. The molecule has 0 aromatic carbocycles. The Hall–Kier alpha value is 0.310. The van der Waals surface area contributed by atoms with E-state index in [2.05, 4.69) is 31.5 Å². The van der Waals surface area contributed by atoms with E-state index >= 15 is 0 Å². The van der Waals surface area contributed by atoms with Crippen molar-refractivity contribution in [3.05, 3.63) is 0 Å². The maximum absolute atomic E-state index is 4.41. The van der Waals surface area contributed by atoms with Crippen molar-refractivity contribution >= 4 is 12.6 Å². The first-order valence-electron chi connectivity index (χ1n) is 3.57. The van der Waals surface area contributed by atoms with Crippen LogP contribution in [-0.2, 0) is 0 Å². The monoisotopic (exact) mass is 145 g/mol. The molecule has 1 fully saturated rings. The van der Waals surface area contributed by atoms with Gasteiger partial charge < -0.3 is 4.90 Å². The van der Waals surface area contributed by atoms with Gasteiger partial charge in [-0.25, -0.2) is 0 Å². The molecule has 1 rings (SSSR count). The Bertz CT molecular complexity index is 92.9. The maximum Gasteiger partial charge on any atom is 0.00294 e. The minimum absolute atomic E-state index is 0.579. The number of rotatable bonds is 1. The summed E-state index contributed by atoms with van der Waals surface area (Å²) < 4.78 is 0. The molecule has 1 aliphatic heterocycles. The lowest BCUT2D eigenvalue weighted by molar-refractivity contribution is 0.395. The van der Waals surface area contributed by atoms with Gasteiger partial charge in [-0.1, -0.05) is 6.92 Å². The molecule has 0 aromatic heterocycles. The second-order valence-corrected chi connectivity index (χ2v) is 3.87. The molecule has 2 heteroatoms. The van der Waals surface area contributed by atoms with Crippen molar-refractivity contribution in [2.24, 2.45) is 5.92 Å². The van der Waals surface area contributed by atoms with E-state index in [1.165, 1.54) is 19.5 Å². The molecular formula is C7H15NS. The summed E-state index contributed by atoms with van der Waals surface area (Å²) in [6.07, 6.45) is 1.33. The maximum atomic E-state index is 4.41. The standard InChI is InChI=1S/C7H15NS/c1-6(9)7-3-4-8(2)5-7/h6-7,9H,3-5H2,1-2H3/t6?,7-/m1/s1. The Balaban J connectivity index is 2.30. The minimum atomic E-state index is 0.579. The third kappa shape index (κ3) is 1.87. The highest BCUT2D eigenvalue weighted by atomic mass is 32.1. The highest BCUT2D eigenvalue weighted by molar-refractivity contribution is 7.80. The lowest BCUT2D eigenvalue weighted by Gasteiger charge is -2.12. The van der Waals surface area contributed by atoms with E-state index in [4.69, 9.17) is 0 Å². The van der Waals surface area contributed by atoms with Crippen molar-refractivity contribution in [3.8, 4) is 0 Å². The Kier molecular flexibility index (Phi) is 2.42. The molecule has 2 atom stereocenters. The van der Waals surface area contributed by atoms with Crippen molar-refractivity contribution < 1.29 is 0 Å². The molecule has 1 aliphatic rings. The van der Waals surface area contributed by atoms with E-state index < -0.39 is 0 Å². The zero-order valence-corrected chi connectivity index (χ0v) is 7.06. The van der Waals surface area contributed by atoms with Crippen LogP contribution in [0.3, 0.4) is 0 Å². The van der Waals surface area contributed by atoms with Crippen LogP contribution in [0, 0.1) is 5.92 Å². The predicted octanol–water partition coefficient (Wildman–Crippen LogP) is 1.26. The van der Waals surface area contributed by atoms with Gasteiger partial charge in [0.1, 0.15) is 0 Å². The molecule has 0 amide bonds. The number of hydrogen-bond donors (Lipinski definition) is 1. The van der Waals surface area contributed by atoms with E-state index in [9.17, 15) is 0 Å². The van der Waals surface area contributed by atoms with Crippen LogP contribution >= 0.6 is 12.6 Å². The van der Waals surface area contributed by atoms with Gasteiger partial charge in [0.2, 0.25) is 0 Å². The summed E-state index contributed by atoms with van der Waals surface area (Å²) in [6.45, 7) is 4.69. The SMILES string of the molecule is CC(S)[C@@H]1CCN(C)C1. The summed E-state index contributed by atoms with van der Waals surface area (Å²) in [5, 5.41) is 0.579. The molecule has 1 heterocycles. The lowest BCUT2D eigenvalue weighted by Crippen LogP contribution is -2.17. The van der Waals surface area contributed by atoms with E-state index in [1.807, 2.05) is 0 Å². The summed E-state index contributed by atoms with van der Waals surface area (Å²) in [6, 6.07) is 0.